The van der Waals surface area contributed by atoms with Gasteiger partial charge in [-0.1, -0.05) is 23.7 Å². The Labute approximate surface area is 107 Å². The van der Waals surface area contributed by atoms with E-state index in [2.05, 4.69) is 0 Å². The molecule has 0 bridgehead atoms. The molecule has 0 aliphatic heterocycles. The van der Waals surface area contributed by atoms with Crippen LogP contribution in [0, 0.1) is 0 Å². The summed E-state index contributed by atoms with van der Waals surface area (Å²) in [7, 11) is 1.68. The number of carbonyl (C=O) groups is 1. The van der Waals surface area contributed by atoms with Crippen LogP contribution in [0.15, 0.2) is 24.3 Å². The zero-order valence-electron chi connectivity index (χ0n) is 10.6. The number of amides is 1. The summed E-state index contributed by atoms with van der Waals surface area (Å²) in [5.41, 5.74) is -0.371. The van der Waals surface area contributed by atoms with Gasteiger partial charge in [-0.15, -0.1) is 0 Å². The topological polar surface area (TPSA) is 40.5 Å². The molecule has 3 nitrogen and oxygen atoms in total. The fraction of sp³-hybridized carbons (Fsp3) is 0.462. The van der Waals surface area contributed by atoms with E-state index in [9.17, 15) is 9.90 Å². The highest BCUT2D eigenvalue weighted by Gasteiger charge is 2.30. The standard InChI is InChI=1S/C13H18ClNO2/c1-9(10-5-7-11(14)8-6-10)15(4)12(16)13(2,3)17/h5-9,17H,1-4H3. The Morgan fingerprint density at radius 3 is 2.24 bits per heavy atom. The van der Waals surface area contributed by atoms with E-state index in [1.165, 1.54) is 18.7 Å². The van der Waals surface area contributed by atoms with Gasteiger partial charge in [0.2, 0.25) is 0 Å². The minimum Gasteiger partial charge on any atom is -0.381 e. The lowest BCUT2D eigenvalue weighted by Crippen LogP contribution is -2.44. The second-order valence-electron chi connectivity index (χ2n) is 4.70. The van der Waals surface area contributed by atoms with Crippen LogP contribution in [0.1, 0.15) is 32.4 Å². The number of carbonyl (C=O) groups excluding carboxylic acids is 1. The van der Waals surface area contributed by atoms with Crippen LogP contribution < -0.4 is 0 Å². The van der Waals surface area contributed by atoms with Crippen molar-refractivity contribution in [2.24, 2.45) is 0 Å². The smallest absolute Gasteiger partial charge is 0.254 e. The Morgan fingerprint density at radius 1 is 1.35 bits per heavy atom. The van der Waals surface area contributed by atoms with Crippen molar-refractivity contribution in [2.75, 3.05) is 7.05 Å². The van der Waals surface area contributed by atoms with Gasteiger partial charge in [-0.2, -0.15) is 0 Å². The molecule has 0 aliphatic carbocycles. The van der Waals surface area contributed by atoms with Crippen molar-refractivity contribution in [1.29, 1.82) is 0 Å². The lowest BCUT2D eigenvalue weighted by Gasteiger charge is -2.30. The third-order valence-electron chi connectivity index (χ3n) is 2.78. The number of likely N-dealkylation sites (N-methyl/N-ethyl adjacent to an activating group) is 1. The molecule has 0 saturated heterocycles. The summed E-state index contributed by atoms with van der Waals surface area (Å²) in [6, 6.07) is 7.22. The van der Waals surface area contributed by atoms with Gasteiger partial charge in [0, 0.05) is 12.1 Å². The van der Waals surface area contributed by atoms with Crippen LogP contribution in [0.25, 0.3) is 0 Å². The lowest BCUT2D eigenvalue weighted by molar-refractivity contribution is -0.148. The Kier molecular flexibility index (Phi) is 4.17. The fourth-order valence-corrected chi connectivity index (χ4v) is 1.70. The van der Waals surface area contributed by atoms with Gasteiger partial charge in [-0.05, 0) is 38.5 Å². The first-order valence-corrected chi connectivity index (χ1v) is 5.86. The minimum atomic E-state index is -1.35. The third-order valence-corrected chi connectivity index (χ3v) is 3.03. The van der Waals surface area contributed by atoms with Gasteiger partial charge in [-0.3, -0.25) is 4.79 Å². The number of benzene rings is 1. The largest absolute Gasteiger partial charge is 0.381 e. The van der Waals surface area contributed by atoms with Crippen molar-refractivity contribution in [3.05, 3.63) is 34.9 Å². The monoisotopic (exact) mass is 255 g/mol. The Balaban J connectivity index is 2.87. The zero-order valence-corrected chi connectivity index (χ0v) is 11.3. The zero-order chi connectivity index (χ0) is 13.2. The molecule has 1 amide bonds. The van der Waals surface area contributed by atoms with Crippen molar-refractivity contribution >= 4 is 17.5 Å². The quantitative estimate of drug-likeness (QED) is 0.902. The summed E-state index contributed by atoms with van der Waals surface area (Å²) < 4.78 is 0. The molecule has 1 aromatic carbocycles. The SMILES string of the molecule is CC(c1ccc(Cl)cc1)N(C)C(=O)C(C)(C)O. The Bertz CT molecular complexity index is 395. The van der Waals surface area contributed by atoms with Crippen molar-refractivity contribution in [1.82, 2.24) is 4.90 Å². The molecule has 0 aliphatic rings. The molecule has 1 unspecified atom stereocenters. The van der Waals surface area contributed by atoms with E-state index in [1.807, 2.05) is 19.1 Å². The van der Waals surface area contributed by atoms with Crippen molar-refractivity contribution in [3.8, 4) is 0 Å². The molecule has 0 aromatic heterocycles. The maximum Gasteiger partial charge on any atom is 0.254 e. The first-order valence-electron chi connectivity index (χ1n) is 5.48. The number of nitrogens with zero attached hydrogens (tertiary/aromatic N) is 1. The molecule has 1 rings (SSSR count). The molecule has 17 heavy (non-hydrogen) atoms. The van der Waals surface area contributed by atoms with Gasteiger partial charge in [0.1, 0.15) is 5.60 Å². The summed E-state index contributed by atoms with van der Waals surface area (Å²) in [6.07, 6.45) is 0. The van der Waals surface area contributed by atoms with E-state index in [4.69, 9.17) is 11.6 Å². The summed E-state index contributed by atoms with van der Waals surface area (Å²) >= 11 is 5.81. The summed E-state index contributed by atoms with van der Waals surface area (Å²) in [5.74, 6) is -0.306. The fourth-order valence-electron chi connectivity index (χ4n) is 1.57. The maximum absolute atomic E-state index is 11.9. The number of hydrogen-bond donors (Lipinski definition) is 1. The molecule has 1 aromatic rings. The van der Waals surface area contributed by atoms with Crippen molar-refractivity contribution in [2.45, 2.75) is 32.4 Å². The average Bonchev–Trinajstić information content (AvgIpc) is 2.26. The van der Waals surface area contributed by atoms with E-state index in [-0.39, 0.29) is 11.9 Å². The molecule has 1 N–H and O–H groups in total. The number of halogens is 1. The van der Waals surface area contributed by atoms with Crippen LogP contribution >= 0.6 is 11.6 Å². The molecule has 1 atom stereocenters. The van der Waals surface area contributed by atoms with Crippen LogP contribution in [0.5, 0.6) is 0 Å². The van der Waals surface area contributed by atoms with Crippen LogP contribution in [0.2, 0.25) is 5.02 Å². The predicted molar refractivity (Wildman–Crippen MR) is 68.9 cm³/mol. The van der Waals surface area contributed by atoms with Crippen LogP contribution in [0.4, 0.5) is 0 Å². The second-order valence-corrected chi connectivity index (χ2v) is 5.14. The van der Waals surface area contributed by atoms with Crippen molar-refractivity contribution < 1.29 is 9.90 Å². The first-order chi connectivity index (χ1) is 7.73. The van der Waals surface area contributed by atoms with Gasteiger partial charge in [0.05, 0.1) is 6.04 Å². The third kappa shape index (κ3) is 3.45. The number of aliphatic hydroxyl groups is 1. The van der Waals surface area contributed by atoms with Gasteiger partial charge in [0.15, 0.2) is 0 Å². The normalized spacial score (nSPS) is 13.3. The molecule has 0 radical (unpaired) electrons. The number of rotatable bonds is 3. The summed E-state index contributed by atoms with van der Waals surface area (Å²) in [5, 5.41) is 10.3. The molecular formula is C13H18ClNO2. The van der Waals surface area contributed by atoms with E-state index in [0.29, 0.717) is 5.02 Å². The van der Waals surface area contributed by atoms with Crippen LogP contribution in [0.3, 0.4) is 0 Å². The van der Waals surface area contributed by atoms with Gasteiger partial charge in [0.25, 0.3) is 5.91 Å². The average molecular weight is 256 g/mol. The van der Waals surface area contributed by atoms with Crippen LogP contribution in [-0.4, -0.2) is 28.6 Å². The van der Waals surface area contributed by atoms with Gasteiger partial charge < -0.3 is 10.0 Å². The van der Waals surface area contributed by atoms with E-state index < -0.39 is 5.60 Å². The first kappa shape index (κ1) is 14.0. The molecular weight excluding hydrogens is 238 g/mol. The number of hydrogen-bond acceptors (Lipinski definition) is 2. The van der Waals surface area contributed by atoms with Gasteiger partial charge >= 0.3 is 0 Å². The van der Waals surface area contributed by atoms with E-state index in [0.717, 1.165) is 5.56 Å². The summed E-state index contributed by atoms with van der Waals surface area (Å²) in [4.78, 5) is 13.4. The molecule has 94 valence electrons. The predicted octanol–water partition coefficient (Wildman–Crippen LogP) is 2.63. The van der Waals surface area contributed by atoms with E-state index in [1.54, 1.807) is 19.2 Å². The minimum absolute atomic E-state index is 0.105. The highest BCUT2D eigenvalue weighted by atomic mass is 35.5. The highest BCUT2D eigenvalue weighted by Crippen LogP contribution is 2.22. The maximum atomic E-state index is 11.9. The summed E-state index contributed by atoms with van der Waals surface area (Å²) in [6.45, 7) is 4.88. The molecule has 0 heterocycles. The van der Waals surface area contributed by atoms with Gasteiger partial charge in [-0.25, -0.2) is 0 Å². The molecule has 0 spiro atoms. The van der Waals surface area contributed by atoms with Crippen LogP contribution in [-0.2, 0) is 4.79 Å². The Morgan fingerprint density at radius 2 is 1.82 bits per heavy atom. The van der Waals surface area contributed by atoms with Crippen molar-refractivity contribution in [3.63, 3.8) is 0 Å². The second kappa shape index (κ2) is 5.07. The molecule has 0 saturated carbocycles. The van der Waals surface area contributed by atoms with E-state index >= 15 is 0 Å². The molecule has 0 fully saturated rings. The Hall–Kier alpha value is -1.06. The highest BCUT2D eigenvalue weighted by molar-refractivity contribution is 6.30. The molecule has 4 heteroatoms. The lowest BCUT2D eigenvalue weighted by atomic mass is 10.0.